The molecular formula is C9H19NO3. The zero-order valence-corrected chi connectivity index (χ0v) is 8.75. The summed E-state index contributed by atoms with van der Waals surface area (Å²) < 4.78 is 14.5. The zero-order chi connectivity index (χ0) is 12.7. The number of carbonyl (C=O) groups is 1. The molecule has 0 aromatic rings. The van der Waals surface area contributed by atoms with E-state index in [1.807, 2.05) is 0 Å². The Bertz CT molecular complexity index is 253. The number of hydrogen-bond donors (Lipinski definition) is 2. The van der Waals surface area contributed by atoms with Gasteiger partial charge in [-0.1, -0.05) is 0 Å². The van der Waals surface area contributed by atoms with E-state index in [0.29, 0.717) is 0 Å². The molecule has 0 heterocycles. The molecule has 0 bridgehead atoms. The Morgan fingerprint density at radius 3 is 1.85 bits per heavy atom. The van der Waals surface area contributed by atoms with Gasteiger partial charge in [0.05, 0.1) is 14.8 Å². The van der Waals surface area contributed by atoms with Gasteiger partial charge in [-0.25, -0.2) is 4.79 Å². The van der Waals surface area contributed by atoms with Crippen molar-refractivity contribution in [3.63, 3.8) is 0 Å². The van der Waals surface area contributed by atoms with Gasteiger partial charge < -0.3 is 10.2 Å². The van der Waals surface area contributed by atoms with Crippen LogP contribution in [-0.2, 0) is 0 Å². The summed E-state index contributed by atoms with van der Waals surface area (Å²) >= 11 is 0. The minimum Gasteiger partial charge on any atom is -0.465 e. The molecule has 0 aliphatic carbocycles. The number of rotatable bonds is 2. The molecule has 0 aliphatic rings. The van der Waals surface area contributed by atoms with E-state index in [9.17, 15) is 9.90 Å². The largest absolute Gasteiger partial charge is 0.465 e. The molecule has 0 rings (SSSR count). The molecule has 0 aromatic heterocycles. The second kappa shape index (κ2) is 3.54. The van der Waals surface area contributed by atoms with Gasteiger partial charge in [-0.15, -0.1) is 0 Å². The third kappa shape index (κ3) is 2.88. The fraction of sp³-hybridized carbons (Fsp3) is 0.889. The van der Waals surface area contributed by atoms with Crippen molar-refractivity contribution < 1.29 is 17.7 Å². The first-order valence-corrected chi connectivity index (χ1v) is 4.07. The van der Waals surface area contributed by atoms with E-state index in [4.69, 9.17) is 7.85 Å². The van der Waals surface area contributed by atoms with Crippen LogP contribution in [0.3, 0.4) is 0 Å². The number of aliphatic hydroxyl groups is 1. The topological polar surface area (TPSA) is 60.8 Å². The lowest BCUT2D eigenvalue weighted by atomic mass is 9.96. The van der Waals surface area contributed by atoms with Gasteiger partial charge in [0.25, 0.3) is 0 Å². The predicted molar refractivity (Wildman–Crippen MR) is 50.8 cm³/mol. The Kier molecular flexibility index (Phi) is 2.40. The molecule has 13 heavy (non-hydrogen) atoms. The molecule has 78 valence electrons. The van der Waals surface area contributed by atoms with Gasteiger partial charge in [-0.3, -0.25) is 4.90 Å². The predicted octanol–water partition coefficient (Wildman–Crippen LogP) is 1.54. The van der Waals surface area contributed by atoms with Crippen LogP contribution in [0.5, 0.6) is 0 Å². The minimum absolute atomic E-state index is 0.786. The van der Waals surface area contributed by atoms with E-state index >= 15 is 0 Å². The van der Waals surface area contributed by atoms with Crippen LogP contribution < -0.4 is 0 Å². The van der Waals surface area contributed by atoms with Crippen LogP contribution >= 0.6 is 0 Å². The van der Waals surface area contributed by atoms with Crippen molar-refractivity contribution in [3.8, 4) is 0 Å². The maximum atomic E-state index is 11.1. The summed E-state index contributed by atoms with van der Waals surface area (Å²) in [6.07, 6.45) is -1.26. The quantitative estimate of drug-likeness (QED) is 0.696. The molecule has 0 radical (unpaired) electrons. The summed E-state index contributed by atoms with van der Waals surface area (Å²) in [5, 5.41) is 18.4. The highest BCUT2D eigenvalue weighted by atomic mass is 16.4. The van der Waals surface area contributed by atoms with Gasteiger partial charge in [-0.2, -0.15) is 0 Å². The van der Waals surface area contributed by atoms with Crippen molar-refractivity contribution in [1.29, 1.82) is 0 Å². The second-order valence-electron chi connectivity index (χ2n) is 4.46. The highest BCUT2D eigenvalue weighted by Gasteiger charge is 2.38. The lowest BCUT2D eigenvalue weighted by Crippen LogP contribution is -2.58. The zero-order valence-electron chi connectivity index (χ0n) is 10.7. The number of carboxylic acid groups (broad SMARTS) is 1. The summed E-state index contributed by atoms with van der Waals surface area (Å²) in [6, 6.07) is 0. The Morgan fingerprint density at radius 1 is 1.38 bits per heavy atom. The minimum atomic E-state index is -2.60. The normalized spacial score (nSPS) is 16.2. The fourth-order valence-corrected chi connectivity index (χ4v) is 1.41. The van der Waals surface area contributed by atoms with Crippen LogP contribution in [0.4, 0.5) is 4.79 Å². The molecule has 0 spiro atoms. The molecule has 2 N–H and O–H groups in total. The average Bonchev–Trinajstić information content (AvgIpc) is 1.76. The van der Waals surface area contributed by atoms with Crippen LogP contribution in [0.15, 0.2) is 0 Å². The van der Waals surface area contributed by atoms with Crippen LogP contribution in [-0.4, -0.2) is 38.8 Å². The summed E-state index contributed by atoms with van der Waals surface area (Å²) in [7, 11) is 0. The van der Waals surface area contributed by atoms with Gasteiger partial charge in [0.15, 0.2) is 0 Å². The van der Waals surface area contributed by atoms with E-state index in [-0.39, 0.29) is 0 Å². The SMILES string of the molecule is [2H]C([2H])(O)C(C)(C)N(C(=O)O)C(C)(C)C. The lowest BCUT2D eigenvalue weighted by Gasteiger charge is -2.44. The molecule has 0 unspecified atom stereocenters. The van der Waals surface area contributed by atoms with Crippen molar-refractivity contribution in [2.45, 2.75) is 45.7 Å². The number of hydrogen-bond acceptors (Lipinski definition) is 2. The van der Waals surface area contributed by atoms with E-state index < -0.39 is 23.7 Å². The van der Waals surface area contributed by atoms with Gasteiger partial charge in [0.1, 0.15) is 0 Å². The molecule has 4 nitrogen and oxygen atoms in total. The molecule has 0 saturated carbocycles. The number of amides is 1. The first-order valence-electron chi connectivity index (χ1n) is 5.07. The molecule has 0 aromatic carbocycles. The van der Waals surface area contributed by atoms with E-state index in [0.717, 1.165) is 4.90 Å². The molecule has 0 fully saturated rings. The van der Waals surface area contributed by atoms with Crippen molar-refractivity contribution in [2.75, 3.05) is 6.56 Å². The highest BCUT2D eigenvalue weighted by molar-refractivity contribution is 5.67. The summed E-state index contributed by atoms with van der Waals surface area (Å²) in [5.74, 6) is 0. The Morgan fingerprint density at radius 2 is 1.77 bits per heavy atom. The molecule has 4 heteroatoms. The van der Waals surface area contributed by atoms with E-state index in [1.54, 1.807) is 20.8 Å². The molecule has 1 amide bonds. The lowest BCUT2D eigenvalue weighted by molar-refractivity contribution is 0.00366. The van der Waals surface area contributed by atoms with Crippen LogP contribution in [0.25, 0.3) is 0 Å². The van der Waals surface area contributed by atoms with Crippen molar-refractivity contribution >= 4 is 6.09 Å². The van der Waals surface area contributed by atoms with Crippen LogP contribution in [0.2, 0.25) is 0 Å². The van der Waals surface area contributed by atoms with Crippen molar-refractivity contribution in [1.82, 2.24) is 4.90 Å². The molecular weight excluding hydrogens is 170 g/mol. The first-order chi connectivity index (χ1) is 6.32. The molecule has 0 aliphatic heterocycles. The Labute approximate surface area is 82.0 Å². The standard InChI is InChI=1S/C9H19NO3/c1-8(2,3)10(7(12)13)9(4,5)6-11/h11H,6H2,1-5H3,(H,12,13)/i6D2. The highest BCUT2D eigenvalue weighted by Crippen LogP contribution is 2.24. The third-order valence-corrected chi connectivity index (χ3v) is 1.69. The van der Waals surface area contributed by atoms with E-state index in [1.165, 1.54) is 13.8 Å². The van der Waals surface area contributed by atoms with Crippen molar-refractivity contribution in [2.24, 2.45) is 0 Å². The Hall–Kier alpha value is -0.770. The monoisotopic (exact) mass is 191 g/mol. The summed E-state index contributed by atoms with van der Waals surface area (Å²) in [4.78, 5) is 12.0. The van der Waals surface area contributed by atoms with Crippen molar-refractivity contribution in [3.05, 3.63) is 0 Å². The average molecular weight is 191 g/mol. The Balaban J connectivity index is 5.38. The maximum absolute atomic E-state index is 11.1. The van der Waals surface area contributed by atoms with Gasteiger partial charge in [0.2, 0.25) is 0 Å². The molecule has 0 atom stereocenters. The van der Waals surface area contributed by atoms with Gasteiger partial charge >= 0.3 is 6.09 Å². The van der Waals surface area contributed by atoms with Gasteiger partial charge in [-0.05, 0) is 34.6 Å². The summed E-state index contributed by atoms with van der Waals surface area (Å²) in [6.45, 7) is 5.05. The van der Waals surface area contributed by atoms with Gasteiger partial charge in [0, 0.05) is 5.54 Å². The molecule has 0 saturated heterocycles. The van der Waals surface area contributed by atoms with Crippen LogP contribution in [0.1, 0.15) is 37.4 Å². The van der Waals surface area contributed by atoms with Crippen LogP contribution in [0, 0.1) is 0 Å². The van der Waals surface area contributed by atoms with E-state index in [2.05, 4.69) is 0 Å². The fourth-order valence-electron chi connectivity index (χ4n) is 1.41. The third-order valence-electron chi connectivity index (χ3n) is 1.69. The first kappa shape index (κ1) is 8.81. The second-order valence-corrected chi connectivity index (χ2v) is 4.46. The maximum Gasteiger partial charge on any atom is 0.408 e. The number of nitrogens with zero attached hydrogens (tertiary/aromatic N) is 1. The summed E-state index contributed by atoms with van der Waals surface area (Å²) in [5.41, 5.74) is -2.30. The smallest absolute Gasteiger partial charge is 0.408 e.